The lowest BCUT2D eigenvalue weighted by molar-refractivity contribution is -0.389. The van der Waals surface area contributed by atoms with Crippen molar-refractivity contribution < 1.29 is 10.0 Å². The molecule has 3 rings (SSSR count). The molecule has 1 atom stereocenters. The number of aliphatic hydroxyl groups is 1. The number of rotatable bonds is 2. The van der Waals surface area contributed by atoms with Crippen LogP contribution in [0.25, 0.3) is 4.96 Å². The van der Waals surface area contributed by atoms with Gasteiger partial charge < -0.3 is 20.1 Å². The van der Waals surface area contributed by atoms with E-state index in [0.717, 1.165) is 12.8 Å². The van der Waals surface area contributed by atoms with Crippen molar-refractivity contribution in [3.05, 3.63) is 21.7 Å². The summed E-state index contributed by atoms with van der Waals surface area (Å²) in [6.45, 7) is 1.11. The van der Waals surface area contributed by atoms with E-state index in [0.29, 0.717) is 23.9 Å². The fourth-order valence-electron chi connectivity index (χ4n) is 2.29. The first-order chi connectivity index (χ1) is 8.66. The zero-order chi connectivity index (χ0) is 12.7. The Bertz CT molecular complexity index is 593. The molecule has 0 aromatic carbocycles. The molecule has 1 N–H and O–H groups in total. The average Bonchev–Trinajstić information content (AvgIpc) is 2.87. The van der Waals surface area contributed by atoms with E-state index in [9.17, 15) is 15.2 Å². The second kappa shape index (κ2) is 4.21. The highest BCUT2D eigenvalue weighted by Crippen LogP contribution is 2.32. The van der Waals surface area contributed by atoms with Crippen LogP contribution < -0.4 is 4.90 Å². The molecule has 1 fully saturated rings. The quantitative estimate of drug-likeness (QED) is 0.655. The number of piperidine rings is 1. The van der Waals surface area contributed by atoms with Crippen molar-refractivity contribution in [3.63, 3.8) is 0 Å². The summed E-state index contributed by atoms with van der Waals surface area (Å²) < 4.78 is 1.49. The van der Waals surface area contributed by atoms with E-state index in [-0.39, 0.29) is 5.82 Å². The molecule has 3 heterocycles. The van der Waals surface area contributed by atoms with Gasteiger partial charge in [-0.05, 0) is 17.8 Å². The van der Waals surface area contributed by atoms with Crippen molar-refractivity contribution >= 4 is 27.9 Å². The van der Waals surface area contributed by atoms with E-state index in [1.54, 1.807) is 16.5 Å². The third-order valence-corrected chi connectivity index (χ3v) is 3.84. The minimum Gasteiger partial charge on any atom is -0.391 e. The molecule has 0 amide bonds. The lowest BCUT2D eigenvalue weighted by atomic mass is 10.1. The van der Waals surface area contributed by atoms with Gasteiger partial charge in [-0.1, -0.05) is 11.3 Å². The number of nitro groups is 1. The second-order valence-corrected chi connectivity index (χ2v) is 5.19. The van der Waals surface area contributed by atoms with Crippen molar-refractivity contribution in [1.82, 2.24) is 9.38 Å². The number of aromatic nitrogens is 2. The largest absolute Gasteiger partial charge is 0.391 e. The van der Waals surface area contributed by atoms with Crippen LogP contribution in [-0.4, -0.2) is 38.6 Å². The summed E-state index contributed by atoms with van der Waals surface area (Å²) in [6.07, 6.45) is 2.78. The van der Waals surface area contributed by atoms with Gasteiger partial charge >= 0.3 is 5.82 Å². The molecule has 1 aliphatic rings. The van der Waals surface area contributed by atoms with Crippen molar-refractivity contribution in [2.45, 2.75) is 18.9 Å². The van der Waals surface area contributed by atoms with Crippen LogP contribution in [0.5, 0.6) is 0 Å². The SMILES string of the molecule is O=[N+]([O-])c1c(N2CCCC(O)C2)nc2sccn12. The van der Waals surface area contributed by atoms with E-state index in [1.807, 2.05) is 0 Å². The molecule has 1 unspecified atom stereocenters. The van der Waals surface area contributed by atoms with E-state index >= 15 is 0 Å². The molecule has 1 aliphatic heterocycles. The molecule has 0 aliphatic carbocycles. The average molecular weight is 268 g/mol. The number of aliphatic hydroxyl groups excluding tert-OH is 1. The predicted octanol–water partition coefficient (Wildman–Crippen LogP) is 1.27. The van der Waals surface area contributed by atoms with E-state index < -0.39 is 11.0 Å². The van der Waals surface area contributed by atoms with Gasteiger partial charge in [0.1, 0.15) is 6.20 Å². The molecular formula is C10H12N4O3S. The number of nitrogens with zero attached hydrogens (tertiary/aromatic N) is 4. The summed E-state index contributed by atoms with van der Waals surface area (Å²) in [5.74, 6) is 0.353. The number of anilines is 1. The molecule has 2 aromatic rings. The molecule has 0 bridgehead atoms. The second-order valence-electron chi connectivity index (χ2n) is 4.31. The third-order valence-electron chi connectivity index (χ3n) is 3.09. The fourth-order valence-corrected chi connectivity index (χ4v) is 3.00. The Morgan fingerprint density at radius 1 is 1.61 bits per heavy atom. The van der Waals surface area contributed by atoms with Gasteiger partial charge in [0.2, 0.25) is 5.82 Å². The summed E-state index contributed by atoms with van der Waals surface area (Å²) in [5, 5.41) is 22.6. The van der Waals surface area contributed by atoms with Gasteiger partial charge in [0.15, 0.2) is 0 Å². The standard InChI is InChI=1S/C10H12N4O3S/c15-7-2-1-3-12(6-7)8-9(14(16)17)13-4-5-18-10(13)11-8/h4-5,7,15H,1-3,6H2. The Balaban J connectivity index is 2.07. The van der Waals surface area contributed by atoms with E-state index in [4.69, 9.17) is 0 Å². The molecule has 7 nitrogen and oxygen atoms in total. The summed E-state index contributed by atoms with van der Waals surface area (Å²) in [7, 11) is 0. The molecule has 1 saturated heterocycles. The normalized spacial score (nSPS) is 20.5. The minimum atomic E-state index is -0.432. The van der Waals surface area contributed by atoms with Crippen LogP contribution in [0.2, 0.25) is 0 Å². The molecule has 0 spiro atoms. The Kier molecular flexibility index (Phi) is 2.67. The smallest absolute Gasteiger partial charge is 0.373 e. The highest BCUT2D eigenvalue weighted by atomic mass is 32.1. The first-order valence-electron chi connectivity index (χ1n) is 5.70. The van der Waals surface area contributed by atoms with Crippen LogP contribution in [0.1, 0.15) is 12.8 Å². The van der Waals surface area contributed by atoms with E-state index in [1.165, 1.54) is 15.7 Å². The number of hydrogen-bond donors (Lipinski definition) is 1. The number of thiazole rings is 1. The topological polar surface area (TPSA) is 83.9 Å². The number of imidazole rings is 1. The van der Waals surface area contributed by atoms with Crippen molar-refractivity contribution in [2.75, 3.05) is 18.0 Å². The van der Waals surface area contributed by atoms with Crippen LogP contribution in [-0.2, 0) is 0 Å². The van der Waals surface area contributed by atoms with Crippen molar-refractivity contribution in [1.29, 1.82) is 0 Å². The highest BCUT2D eigenvalue weighted by Gasteiger charge is 2.30. The van der Waals surface area contributed by atoms with Crippen molar-refractivity contribution in [3.8, 4) is 0 Å². The third kappa shape index (κ3) is 1.73. The number of hydrogen-bond acceptors (Lipinski definition) is 6. The molecule has 18 heavy (non-hydrogen) atoms. The number of β-amino-alcohol motifs (C(OH)–C–C–N with tert-alkyl or cyclic N) is 1. The molecule has 0 saturated carbocycles. The van der Waals surface area contributed by atoms with Crippen LogP contribution in [0, 0.1) is 10.1 Å². The molecule has 96 valence electrons. The van der Waals surface area contributed by atoms with Gasteiger partial charge in [-0.2, -0.15) is 9.38 Å². The Morgan fingerprint density at radius 3 is 3.17 bits per heavy atom. The molecular weight excluding hydrogens is 256 g/mol. The van der Waals surface area contributed by atoms with Crippen molar-refractivity contribution in [2.24, 2.45) is 0 Å². The van der Waals surface area contributed by atoms with Gasteiger partial charge in [0.05, 0.1) is 6.10 Å². The summed E-state index contributed by atoms with van der Waals surface area (Å²) >= 11 is 1.36. The predicted molar refractivity (Wildman–Crippen MR) is 67.2 cm³/mol. The lowest BCUT2D eigenvalue weighted by Crippen LogP contribution is -2.38. The summed E-state index contributed by atoms with van der Waals surface area (Å²) in [4.78, 5) is 17.5. The van der Waals surface area contributed by atoms with Gasteiger partial charge in [-0.15, -0.1) is 0 Å². The Morgan fingerprint density at radius 2 is 2.44 bits per heavy atom. The van der Waals surface area contributed by atoms with Crippen LogP contribution in [0.4, 0.5) is 11.6 Å². The Hall–Kier alpha value is -1.67. The first-order valence-corrected chi connectivity index (χ1v) is 6.57. The molecule has 2 aromatic heterocycles. The maximum Gasteiger partial charge on any atom is 0.373 e. The zero-order valence-corrected chi connectivity index (χ0v) is 10.3. The van der Waals surface area contributed by atoms with Crippen LogP contribution in [0.3, 0.4) is 0 Å². The van der Waals surface area contributed by atoms with Gasteiger partial charge in [-0.25, -0.2) is 0 Å². The minimum absolute atomic E-state index is 0.0136. The summed E-state index contributed by atoms with van der Waals surface area (Å²) in [6, 6.07) is 0. The Labute approximate surface area is 106 Å². The summed E-state index contributed by atoms with van der Waals surface area (Å²) in [5.41, 5.74) is 0. The maximum atomic E-state index is 11.2. The van der Waals surface area contributed by atoms with E-state index in [2.05, 4.69) is 4.98 Å². The molecule has 0 radical (unpaired) electrons. The van der Waals surface area contributed by atoms with Gasteiger partial charge in [0, 0.05) is 18.5 Å². The van der Waals surface area contributed by atoms with Gasteiger partial charge in [-0.3, -0.25) is 0 Å². The van der Waals surface area contributed by atoms with Crippen LogP contribution >= 0.6 is 11.3 Å². The zero-order valence-electron chi connectivity index (χ0n) is 9.52. The van der Waals surface area contributed by atoms with Crippen LogP contribution in [0.15, 0.2) is 11.6 Å². The first kappa shape index (κ1) is 11.4. The number of fused-ring (bicyclic) bond motifs is 1. The molecule has 8 heteroatoms. The monoisotopic (exact) mass is 268 g/mol. The fraction of sp³-hybridized carbons (Fsp3) is 0.500. The lowest BCUT2D eigenvalue weighted by Gasteiger charge is -2.29. The maximum absolute atomic E-state index is 11.2. The van der Waals surface area contributed by atoms with Gasteiger partial charge in [0.25, 0.3) is 4.96 Å². The highest BCUT2D eigenvalue weighted by molar-refractivity contribution is 7.15.